The van der Waals surface area contributed by atoms with Crippen LogP contribution in [-0.2, 0) is 16.0 Å². The normalized spacial score (nSPS) is 20.5. The van der Waals surface area contributed by atoms with E-state index in [4.69, 9.17) is 4.74 Å². The van der Waals surface area contributed by atoms with E-state index in [9.17, 15) is 4.79 Å². The number of carbonyl (C=O) groups excluding carboxylic acids is 1. The summed E-state index contributed by atoms with van der Waals surface area (Å²) in [6.45, 7) is 0. The number of hydrogen-bond acceptors (Lipinski definition) is 2. The highest BCUT2D eigenvalue weighted by Crippen LogP contribution is 2.19. The number of carbonyl (C=O) groups is 1. The van der Waals surface area contributed by atoms with E-state index in [0.717, 1.165) is 32.1 Å². The number of benzene rings is 1. The monoisotopic (exact) mass is 218 g/mol. The van der Waals surface area contributed by atoms with Crippen molar-refractivity contribution in [2.24, 2.45) is 0 Å². The Hall–Kier alpha value is -1.31. The molecule has 2 heteroatoms. The van der Waals surface area contributed by atoms with E-state index in [1.807, 2.05) is 6.07 Å². The Morgan fingerprint density at radius 3 is 2.81 bits per heavy atom. The van der Waals surface area contributed by atoms with Crippen molar-refractivity contribution in [1.29, 1.82) is 0 Å². The summed E-state index contributed by atoms with van der Waals surface area (Å²) < 4.78 is 5.29. The molecule has 1 heterocycles. The lowest BCUT2D eigenvalue weighted by atomic mass is 10.0. The van der Waals surface area contributed by atoms with Crippen molar-refractivity contribution >= 4 is 5.97 Å². The molecule has 0 bridgehead atoms. The van der Waals surface area contributed by atoms with Gasteiger partial charge in [-0.2, -0.15) is 0 Å². The minimum absolute atomic E-state index is 0.0176. The lowest BCUT2D eigenvalue weighted by molar-refractivity contribution is -0.154. The van der Waals surface area contributed by atoms with Crippen LogP contribution in [0.4, 0.5) is 0 Å². The fourth-order valence-electron chi connectivity index (χ4n) is 2.16. The van der Waals surface area contributed by atoms with Crippen molar-refractivity contribution in [3.05, 3.63) is 35.9 Å². The van der Waals surface area contributed by atoms with Gasteiger partial charge in [-0.3, -0.25) is 4.79 Å². The van der Waals surface area contributed by atoms with E-state index in [2.05, 4.69) is 24.3 Å². The highest BCUT2D eigenvalue weighted by molar-refractivity contribution is 5.70. The number of hydrogen-bond donors (Lipinski definition) is 0. The predicted octanol–water partition coefficient (Wildman–Crippen LogP) is 3.11. The predicted molar refractivity (Wildman–Crippen MR) is 63.1 cm³/mol. The average molecular weight is 218 g/mol. The van der Waals surface area contributed by atoms with E-state index >= 15 is 0 Å². The molecule has 0 N–H and O–H groups in total. The molecule has 2 rings (SSSR count). The van der Waals surface area contributed by atoms with Gasteiger partial charge in [-0.15, -0.1) is 0 Å². The Kier molecular flexibility index (Phi) is 3.97. The van der Waals surface area contributed by atoms with Gasteiger partial charge in [0.2, 0.25) is 0 Å². The van der Waals surface area contributed by atoms with Crippen molar-refractivity contribution in [3.8, 4) is 0 Å². The maximum absolute atomic E-state index is 11.1. The van der Waals surface area contributed by atoms with Crippen LogP contribution in [0.2, 0.25) is 0 Å². The Morgan fingerprint density at radius 1 is 1.25 bits per heavy atom. The Labute approximate surface area is 96.6 Å². The molecule has 1 fully saturated rings. The molecular formula is C14H18O2. The minimum atomic E-state index is -0.0176. The highest BCUT2D eigenvalue weighted by atomic mass is 16.5. The first-order valence-electron chi connectivity index (χ1n) is 6.08. The van der Waals surface area contributed by atoms with Crippen LogP contribution in [0.15, 0.2) is 30.3 Å². The van der Waals surface area contributed by atoms with Crippen LogP contribution in [0.3, 0.4) is 0 Å². The Morgan fingerprint density at radius 2 is 2.06 bits per heavy atom. The van der Waals surface area contributed by atoms with E-state index in [1.54, 1.807) is 0 Å². The van der Waals surface area contributed by atoms with Crippen molar-refractivity contribution < 1.29 is 9.53 Å². The molecule has 2 nitrogen and oxygen atoms in total. The molecule has 0 saturated carbocycles. The summed E-state index contributed by atoms with van der Waals surface area (Å²) >= 11 is 0. The smallest absolute Gasteiger partial charge is 0.306 e. The van der Waals surface area contributed by atoms with Gasteiger partial charge in [0.15, 0.2) is 0 Å². The van der Waals surface area contributed by atoms with E-state index in [-0.39, 0.29) is 12.1 Å². The number of rotatable bonds is 4. The molecule has 1 aromatic carbocycles. The molecule has 86 valence electrons. The molecule has 1 atom stereocenters. The lowest BCUT2D eigenvalue weighted by Gasteiger charge is -2.22. The SMILES string of the molecule is O=C1CCCC(CCCc2ccccc2)O1. The van der Waals surface area contributed by atoms with Gasteiger partial charge in [0.05, 0.1) is 0 Å². The number of ether oxygens (including phenoxy) is 1. The van der Waals surface area contributed by atoms with Crippen LogP contribution in [0.25, 0.3) is 0 Å². The summed E-state index contributed by atoms with van der Waals surface area (Å²) in [6, 6.07) is 10.5. The summed E-state index contributed by atoms with van der Waals surface area (Å²) in [4.78, 5) is 11.1. The topological polar surface area (TPSA) is 26.3 Å². The zero-order valence-corrected chi connectivity index (χ0v) is 9.52. The van der Waals surface area contributed by atoms with Crippen LogP contribution in [-0.4, -0.2) is 12.1 Å². The molecule has 0 aromatic heterocycles. The fraction of sp³-hybridized carbons (Fsp3) is 0.500. The van der Waals surface area contributed by atoms with Gasteiger partial charge in [0.25, 0.3) is 0 Å². The Bertz CT molecular complexity index is 332. The van der Waals surface area contributed by atoms with Gasteiger partial charge in [0, 0.05) is 6.42 Å². The standard InChI is InChI=1S/C14H18O2/c15-14-11-5-10-13(16-14)9-4-8-12-6-2-1-3-7-12/h1-3,6-7,13H,4-5,8-11H2. The number of cyclic esters (lactones) is 1. The first-order chi connectivity index (χ1) is 7.84. The molecule has 0 spiro atoms. The van der Waals surface area contributed by atoms with Crippen molar-refractivity contribution in [3.63, 3.8) is 0 Å². The summed E-state index contributed by atoms with van der Waals surface area (Å²) in [7, 11) is 0. The highest BCUT2D eigenvalue weighted by Gasteiger charge is 2.19. The second-order valence-corrected chi connectivity index (χ2v) is 4.38. The van der Waals surface area contributed by atoms with Crippen LogP contribution < -0.4 is 0 Å². The average Bonchev–Trinajstić information content (AvgIpc) is 2.30. The van der Waals surface area contributed by atoms with E-state index < -0.39 is 0 Å². The van der Waals surface area contributed by atoms with E-state index in [1.165, 1.54) is 5.56 Å². The van der Waals surface area contributed by atoms with Crippen LogP contribution in [0, 0.1) is 0 Å². The van der Waals surface area contributed by atoms with Gasteiger partial charge in [0.1, 0.15) is 6.10 Å². The molecule has 0 radical (unpaired) electrons. The second kappa shape index (κ2) is 5.69. The third kappa shape index (κ3) is 3.37. The largest absolute Gasteiger partial charge is 0.462 e. The first-order valence-corrected chi connectivity index (χ1v) is 6.08. The summed E-state index contributed by atoms with van der Waals surface area (Å²) in [5.41, 5.74) is 1.37. The van der Waals surface area contributed by atoms with Gasteiger partial charge in [-0.1, -0.05) is 30.3 Å². The van der Waals surface area contributed by atoms with Gasteiger partial charge in [-0.05, 0) is 37.7 Å². The molecule has 1 saturated heterocycles. The van der Waals surface area contributed by atoms with Crippen LogP contribution >= 0.6 is 0 Å². The van der Waals surface area contributed by atoms with Crippen molar-refractivity contribution in [2.75, 3.05) is 0 Å². The summed E-state index contributed by atoms with van der Waals surface area (Å²) in [5, 5.41) is 0. The molecular weight excluding hydrogens is 200 g/mol. The fourth-order valence-corrected chi connectivity index (χ4v) is 2.16. The maximum atomic E-state index is 11.1. The third-order valence-corrected chi connectivity index (χ3v) is 3.04. The van der Waals surface area contributed by atoms with Gasteiger partial charge in [-0.25, -0.2) is 0 Å². The minimum Gasteiger partial charge on any atom is -0.462 e. The number of esters is 1. The summed E-state index contributed by atoms with van der Waals surface area (Å²) in [5.74, 6) is -0.0176. The number of aryl methyl sites for hydroxylation is 1. The zero-order valence-electron chi connectivity index (χ0n) is 9.52. The van der Waals surface area contributed by atoms with Crippen LogP contribution in [0.5, 0.6) is 0 Å². The third-order valence-electron chi connectivity index (χ3n) is 3.04. The van der Waals surface area contributed by atoms with Crippen LogP contribution in [0.1, 0.15) is 37.7 Å². The molecule has 1 aliphatic heterocycles. The quantitative estimate of drug-likeness (QED) is 0.726. The van der Waals surface area contributed by atoms with Crippen molar-refractivity contribution in [1.82, 2.24) is 0 Å². The maximum Gasteiger partial charge on any atom is 0.306 e. The Balaban J connectivity index is 1.70. The zero-order chi connectivity index (χ0) is 11.2. The van der Waals surface area contributed by atoms with Crippen molar-refractivity contribution in [2.45, 2.75) is 44.6 Å². The molecule has 1 aliphatic rings. The lowest BCUT2D eigenvalue weighted by Crippen LogP contribution is -2.23. The first kappa shape index (κ1) is 11.2. The second-order valence-electron chi connectivity index (χ2n) is 4.38. The molecule has 1 aromatic rings. The molecule has 1 unspecified atom stereocenters. The molecule has 0 amide bonds. The molecule has 0 aliphatic carbocycles. The van der Waals surface area contributed by atoms with E-state index in [0.29, 0.717) is 6.42 Å². The summed E-state index contributed by atoms with van der Waals surface area (Å²) in [6.07, 6.45) is 5.99. The van der Waals surface area contributed by atoms with Gasteiger partial charge >= 0.3 is 5.97 Å². The molecule has 16 heavy (non-hydrogen) atoms. The van der Waals surface area contributed by atoms with Gasteiger partial charge < -0.3 is 4.74 Å².